The van der Waals surface area contributed by atoms with Crippen LogP contribution in [0.25, 0.3) is 11.3 Å². The predicted molar refractivity (Wildman–Crippen MR) is 114 cm³/mol. The van der Waals surface area contributed by atoms with Crippen LogP contribution >= 0.6 is 11.3 Å². The Hall–Kier alpha value is -3.17. The molecule has 0 saturated heterocycles. The molecule has 0 fully saturated rings. The molecule has 0 unspecified atom stereocenters. The highest BCUT2D eigenvalue weighted by Crippen LogP contribution is 2.41. The quantitative estimate of drug-likeness (QED) is 0.482. The number of hydrogen-bond acceptors (Lipinski definition) is 7. The molecule has 2 N–H and O–H groups in total. The molecule has 0 bridgehead atoms. The minimum Gasteiger partial charge on any atom is -0.457 e. The maximum Gasteiger partial charge on any atom is 0.280 e. The minimum absolute atomic E-state index is 0.0206. The van der Waals surface area contributed by atoms with Crippen LogP contribution in [0.1, 0.15) is 39.6 Å². The molecular weight excluding hydrogens is 404 g/mol. The van der Waals surface area contributed by atoms with Crippen molar-refractivity contribution in [2.75, 3.05) is 18.4 Å². The van der Waals surface area contributed by atoms with E-state index in [-0.39, 0.29) is 11.6 Å². The largest absolute Gasteiger partial charge is 0.457 e. The number of nitrogens with zero attached hydrogens (tertiary/aromatic N) is 2. The van der Waals surface area contributed by atoms with Gasteiger partial charge >= 0.3 is 0 Å². The van der Waals surface area contributed by atoms with E-state index in [0.717, 1.165) is 42.2 Å². The Morgan fingerprint density at radius 1 is 1.27 bits per heavy atom. The van der Waals surface area contributed by atoms with Crippen molar-refractivity contribution in [1.82, 2.24) is 10.2 Å². The van der Waals surface area contributed by atoms with Crippen molar-refractivity contribution in [3.05, 3.63) is 68.3 Å². The van der Waals surface area contributed by atoms with Crippen LogP contribution in [0.5, 0.6) is 0 Å². The number of carbonyl (C=O) groups is 1. The molecule has 154 valence electrons. The van der Waals surface area contributed by atoms with Crippen molar-refractivity contribution in [2.24, 2.45) is 0 Å². The first-order valence-electron chi connectivity index (χ1n) is 9.83. The molecule has 1 amide bonds. The van der Waals surface area contributed by atoms with Crippen LogP contribution in [0.15, 0.2) is 40.8 Å². The molecule has 1 atom stereocenters. The number of para-hydroxylation sites is 1. The van der Waals surface area contributed by atoms with Gasteiger partial charge in [-0.2, -0.15) is 0 Å². The number of hydrogen-bond donors (Lipinski definition) is 2. The van der Waals surface area contributed by atoms with Gasteiger partial charge in [0.05, 0.1) is 16.1 Å². The summed E-state index contributed by atoms with van der Waals surface area (Å²) in [5.74, 6) is 0.784. The maximum absolute atomic E-state index is 12.9. The Morgan fingerprint density at radius 3 is 2.90 bits per heavy atom. The fraction of sp³-hybridized carbons (Fsp3) is 0.286. The number of amides is 1. The Balaban J connectivity index is 1.44. The van der Waals surface area contributed by atoms with Crippen molar-refractivity contribution in [1.29, 1.82) is 0 Å². The first-order chi connectivity index (χ1) is 14.5. The van der Waals surface area contributed by atoms with Crippen LogP contribution in [0.4, 0.5) is 10.7 Å². The number of anilines is 1. The molecule has 3 aromatic rings. The van der Waals surface area contributed by atoms with Crippen molar-refractivity contribution in [2.45, 2.75) is 26.1 Å². The molecule has 9 heteroatoms. The third-order valence-corrected chi connectivity index (χ3v) is 6.79. The van der Waals surface area contributed by atoms with Crippen molar-refractivity contribution in [3.8, 4) is 11.3 Å². The highest BCUT2D eigenvalue weighted by atomic mass is 32.1. The number of likely N-dealkylation sites (N-methyl/N-ethyl adjacent to an activating group) is 1. The van der Waals surface area contributed by atoms with E-state index in [1.165, 1.54) is 10.9 Å². The lowest BCUT2D eigenvalue weighted by Gasteiger charge is -2.27. The van der Waals surface area contributed by atoms with Gasteiger partial charge in [-0.15, -0.1) is 11.3 Å². The lowest BCUT2D eigenvalue weighted by molar-refractivity contribution is -0.384. The van der Waals surface area contributed by atoms with E-state index < -0.39 is 11.1 Å². The van der Waals surface area contributed by atoms with Crippen LogP contribution in [-0.4, -0.2) is 28.8 Å². The van der Waals surface area contributed by atoms with Crippen LogP contribution in [0, 0.1) is 10.1 Å². The summed E-state index contributed by atoms with van der Waals surface area (Å²) >= 11 is 1.62. The molecule has 30 heavy (non-hydrogen) atoms. The zero-order valence-corrected chi connectivity index (χ0v) is 17.1. The highest BCUT2D eigenvalue weighted by Gasteiger charge is 2.34. The third kappa shape index (κ3) is 3.06. The van der Waals surface area contributed by atoms with Gasteiger partial charge in [-0.25, -0.2) is 0 Å². The third-order valence-electron chi connectivity index (χ3n) is 5.64. The number of nitrogens with one attached hydrogen (secondary N) is 2. The molecule has 2 aromatic heterocycles. The van der Waals surface area contributed by atoms with Crippen molar-refractivity contribution in [3.63, 3.8) is 0 Å². The molecule has 0 aliphatic carbocycles. The highest BCUT2D eigenvalue weighted by molar-refractivity contribution is 7.16. The van der Waals surface area contributed by atoms with Gasteiger partial charge in [0.2, 0.25) is 0 Å². The fourth-order valence-corrected chi connectivity index (χ4v) is 5.39. The number of furan rings is 1. The first kappa shape index (κ1) is 18.8. The summed E-state index contributed by atoms with van der Waals surface area (Å²) < 4.78 is 5.91. The summed E-state index contributed by atoms with van der Waals surface area (Å²) in [7, 11) is 0. The zero-order valence-electron chi connectivity index (χ0n) is 16.3. The van der Waals surface area contributed by atoms with Crippen LogP contribution < -0.4 is 10.6 Å². The molecule has 5 rings (SSSR count). The molecule has 1 aromatic carbocycles. The number of nitro benzene ring substituents is 1. The van der Waals surface area contributed by atoms with Gasteiger partial charge < -0.3 is 15.1 Å². The van der Waals surface area contributed by atoms with Gasteiger partial charge in [-0.3, -0.25) is 19.8 Å². The Labute approximate surface area is 176 Å². The summed E-state index contributed by atoms with van der Waals surface area (Å²) in [5.41, 5.74) is 2.27. The van der Waals surface area contributed by atoms with E-state index in [1.54, 1.807) is 41.7 Å². The van der Waals surface area contributed by atoms with Crippen molar-refractivity contribution < 1.29 is 14.1 Å². The second-order valence-corrected chi connectivity index (χ2v) is 8.46. The van der Waals surface area contributed by atoms with E-state index in [9.17, 15) is 14.9 Å². The lowest BCUT2D eigenvalue weighted by Crippen LogP contribution is -2.38. The Kier molecular flexibility index (Phi) is 4.56. The maximum atomic E-state index is 12.9. The minimum atomic E-state index is -0.524. The zero-order chi connectivity index (χ0) is 20.8. The summed E-state index contributed by atoms with van der Waals surface area (Å²) in [4.78, 5) is 27.4. The second-order valence-electron chi connectivity index (χ2n) is 7.35. The van der Waals surface area contributed by atoms with Crippen LogP contribution in [0.3, 0.4) is 0 Å². The average molecular weight is 424 g/mol. The first-order valence-corrected chi connectivity index (χ1v) is 10.6. The van der Waals surface area contributed by atoms with Crippen molar-refractivity contribution >= 4 is 27.9 Å². The summed E-state index contributed by atoms with van der Waals surface area (Å²) in [5, 5.41) is 18.5. The van der Waals surface area contributed by atoms with Gasteiger partial charge in [-0.05, 0) is 36.7 Å². The van der Waals surface area contributed by atoms with E-state index in [4.69, 9.17) is 4.42 Å². The van der Waals surface area contributed by atoms with E-state index in [1.807, 2.05) is 0 Å². The van der Waals surface area contributed by atoms with E-state index >= 15 is 0 Å². The molecule has 2 aliphatic heterocycles. The Morgan fingerprint density at radius 2 is 2.10 bits per heavy atom. The lowest BCUT2D eigenvalue weighted by atomic mass is 10.0. The number of thiophene rings is 1. The molecule has 0 saturated carbocycles. The Bertz CT molecular complexity index is 1150. The van der Waals surface area contributed by atoms with Gasteiger partial charge in [0.25, 0.3) is 11.6 Å². The molecule has 4 heterocycles. The standard InChI is InChI=1S/C21H20N4O4S/c1-2-24-10-9-13-17(11-24)30-21-18(13)20(26)22-19(23-21)16-8-7-15(29-16)12-5-3-4-6-14(12)25(27)28/h3-8,19,23H,2,9-11H2,1H3,(H,22,26)/t19-/m1/s1. The molecule has 0 radical (unpaired) electrons. The number of carbonyl (C=O) groups excluding carboxylic acids is 1. The summed E-state index contributed by atoms with van der Waals surface area (Å²) in [6.07, 6.45) is 0.348. The normalized spacial score (nSPS) is 18.3. The van der Waals surface area contributed by atoms with E-state index in [2.05, 4.69) is 22.5 Å². The number of fused-ring (bicyclic) bond motifs is 3. The van der Waals surface area contributed by atoms with Gasteiger partial charge in [-0.1, -0.05) is 19.1 Å². The molecule has 8 nitrogen and oxygen atoms in total. The van der Waals surface area contributed by atoms with Gasteiger partial charge in [0.1, 0.15) is 16.5 Å². The van der Waals surface area contributed by atoms with Gasteiger partial charge in [0.15, 0.2) is 6.17 Å². The molecular formula is C21H20N4O4S. The topological polar surface area (TPSA) is 101 Å². The van der Waals surface area contributed by atoms with E-state index in [0.29, 0.717) is 17.1 Å². The summed E-state index contributed by atoms with van der Waals surface area (Å²) in [6, 6.07) is 9.88. The number of rotatable bonds is 4. The smallest absolute Gasteiger partial charge is 0.280 e. The molecule has 0 spiro atoms. The number of benzene rings is 1. The van der Waals surface area contributed by atoms with Gasteiger partial charge in [0, 0.05) is 24.0 Å². The number of nitro groups is 1. The summed E-state index contributed by atoms with van der Waals surface area (Å²) in [6.45, 7) is 4.96. The molecule has 2 aliphatic rings. The second kappa shape index (κ2) is 7.26. The SMILES string of the molecule is CCN1CCc2c(sc3c2C(=O)N[C@@H](c2ccc(-c4ccccc4[N+](=O)[O-])o2)N3)C1. The fourth-order valence-electron chi connectivity index (χ4n) is 4.07. The predicted octanol–water partition coefficient (Wildman–Crippen LogP) is 4.15. The average Bonchev–Trinajstić information content (AvgIpc) is 3.38. The van der Waals surface area contributed by atoms with Crippen LogP contribution in [0.2, 0.25) is 0 Å². The van der Waals surface area contributed by atoms with Crippen LogP contribution in [-0.2, 0) is 13.0 Å². The monoisotopic (exact) mass is 424 g/mol.